The van der Waals surface area contributed by atoms with Crippen molar-refractivity contribution in [2.24, 2.45) is 5.92 Å². The van der Waals surface area contributed by atoms with Crippen LogP contribution in [0.15, 0.2) is 29.8 Å². The SMILES string of the molecule is CCCCOC1CCC(C2=C(O)c3ccccc3C(=O)C2=O)CC1. The number of ether oxygens (including phenoxy) is 1. The van der Waals surface area contributed by atoms with Crippen LogP contribution in [0.25, 0.3) is 5.76 Å². The first kappa shape index (κ1) is 16.9. The molecular weight excluding hydrogens is 304 g/mol. The number of hydrogen-bond acceptors (Lipinski definition) is 4. The maximum Gasteiger partial charge on any atom is 0.234 e. The van der Waals surface area contributed by atoms with Gasteiger partial charge in [0.1, 0.15) is 5.76 Å². The number of hydrogen-bond donors (Lipinski definition) is 1. The minimum Gasteiger partial charge on any atom is -0.507 e. The van der Waals surface area contributed by atoms with E-state index in [1.165, 1.54) is 0 Å². The fourth-order valence-corrected chi connectivity index (χ4v) is 3.68. The first-order valence-corrected chi connectivity index (χ1v) is 8.86. The Morgan fingerprint density at radius 3 is 2.38 bits per heavy atom. The van der Waals surface area contributed by atoms with Crippen molar-refractivity contribution in [1.82, 2.24) is 0 Å². The van der Waals surface area contributed by atoms with Gasteiger partial charge in [0.2, 0.25) is 11.6 Å². The van der Waals surface area contributed by atoms with Crippen molar-refractivity contribution in [2.75, 3.05) is 6.61 Å². The van der Waals surface area contributed by atoms with Gasteiger partial charge in [-0.2, -0.15) is 0 Å². The van der Waals surface area contributed by atoms with Gasteiger partial charge < -0.3 is 9.84 Å². The van der Waals surface area contributed by atoms with Crippen LogP contribution in [0.5, 0.6) is 0 Å². The van der Waals surface area contributed by atoms with E-state index in [9.17, 15) is 14.7 Å². The third kappa shape index (κ3) is 3.16. The minimum atomic E-state index is -0.540. The van der Waals surface area contributed by atoms with Crippen LogP contribution in [0, 0.1) is 5.92 Å². The van der Waals surface area contributed by atoms with E-state index < -0.39 is 11.6 Å². The molecule has 0 aromatic heterocycles. The Morgan fingerprint density at radius 1 is 1.04 bits per heavy atom. The highest BCUT2D eigenvalue weighted by molar-refractivity contribution is 6.52. The van der Waals surface area contributed by atoms with Crippen molar-refractivity contribution >= 4 is 17.3 Å². The zero-order valence-electron chi connectivity index (χ0n) is 14.1. The van der Waals surface area contributed by atoms with Gasteiger partial charge in [-0.05, 0) is 38.0 Å². The van der Waals surface area contributed by atoms with Crippen LogP contribution in [0.1, 0.15) is 61.4 Å². The van der Waals surface area contributed by atoms with E-state index in [-0.39, 0.29) is 17.8 Å². The molecule has 3 rings (SSSR count). The zero-order chi connectivity index (χ0) is 17.1. The Morgan fingerprint density at radius 2 is 1.71 bits per heavy atom. The number of carbonyl (C=O) groups excluding carboxylic acids is 2. The van der Waals surface area contributed by atoms with Crippen molar-refractivity contribution < 1.29 is 19.4 Å². The number of ketones is 2. The summed E-state index contributed by atoms with van der Waals surface area (Å²) in [5, 5.41) is 10.6. The molecule has 0 unspecified atom stereocenters. The minimum absolute atomic E-state index is 0.00875. The molecule has 0 heterocycles. The molecule has 4 heteroatoms. The highest BCUT2D eigenvalue weighted by Crippen LogP contribution is 2.38. The summed E-state index contributed by atoms with van der Waals surface area (Å²) in [6, 6.07) is 6.78. The van der Waals surface area contributed by atoms with E-state index in [2.05, 4.69) is 6.92 Å². The average molecular weight is 328 g/mol. The van der Waals surface area contributed by atoms with Gasteiger partial charge in [-0.3, -0.25) is 9.59 Å². The molecule has 0 aliphatic heterocycles. The molecule has 1 fully saturated rings. The molecule has 1 aromatic carbocycles. The monoisotopic (exact) mass is 328 g/mol. The van der Waals surface area contributed by atoms with E-state index in [0.29, 0.717) is 16.7 Å². The predicted octanol–water partition coefficient (Wildman–Crippen LogP) is 4.10. The summed E-state index contributed by atoms with van der Waals surface area (Å²) in [7, 11) is 0. The number of Topliss-reactive ketones (excluding diaryl/α,β-unsaturated/α-hetero) is 2. The number of fused-ring (bicyclic) bond motifs is 1. The second-order valence-corrected chi connectivity index (χ2v) is 6.66. The van der Waals surface area contributed by atoms with Crippen LogP contribution in [0.4, 0.5) is 0 Å². The molecule has 2 aliphatic carbocycles. The van der Waals surface area contributed by atoms with E-state index in [4.69, 9.17) is 4.74 Å². The molecule has 0 saturated heterocycles. The number of benzene rings is 1. The number of aliphatic hydroxyl groups is 1. The number of allylic oxidation sites excluding steroid dienone is 1. The summed E-state index contributed by atoms with van der Waals surface area (Å²) in [6.07, 6.45) is 5.70. The molecule has 4 nitrogen and oxygen atoms in total. The highest BCUT2D eigenvalue weighted by atomic mass is 16.5. The lowest BCUT2D eigenvalue weighted by atomic mass is 9.76. The number of aliphatic hydroxyl groups excluding tert-OH is 1. The lowest BCUT2D eigenvalue weighted by molar-refractivity contribution is -0.112. The highest BCUT2D eigenvalue weighted by Gasteiger charge is 2.38. The second kappa shape index (κ2) is 7.31. The van der Waals surface area contributed by atoms with Gasteiger partial charge in [-0.1, -0.05) is 37.6 Å². The molecule has 0 bridgehead atoms. The second-order valence-electron chi connectivity index (χ2n) is 6.66. The molecule has 1 N–H and O–H groups in total. The van der Waals surface area contributed by atoms with Crippen LogP contribution in [-0.4, -0.2) is 29.4 Å². The van der Waals surface area contributed by atoms with Gasteiger partial charge in [0.15, 0.2) is 0 Å². The standard InChI is InChI=1S/C20H24O4/c1-2-3-12-24-14-10-8-13(9-11-14)17-18(21)15-6-4-5-7-16(15)19(22)20(17)23/h4-7,13-14,21H,2-3,8-12H2,1H3. The average Bonchev–Trinajstić information content (AvgIpc) is 2.61. The van der Waals surface area contributed by atoms with Crippen molar-refractivity contribution in [1.29, 1.82) is 0 Å². The molecule has 0 atom stereocenters. The van der Waals surface area contributed by atoms with Crippen LogP contribution < -0.4 is 0 Å². The van der Waals surface area contributed by atoms with Crippen LogP contribution in [0.3, 0.4) is 0 Å². The van der Waals surface area contributed by atoms with E-state index in [1.54, 1.807) is 24.3 Å². The van der Waals surface area contributed by atoms with Crippen molar-refractivity contribution in [3.63, 3.8) is 0 Å². The smallest absolute Gasteiger partial charge is 0.234 e. The molecule has 128 valence electrons. The lowest BCUT2D eigenvalue weighted by Gasteiger charge is -2.31. The Kier molecular flexibility index (Phi) is 5.14. The van der Waals surface area contributed by atoms with Crippen LogP contribution in [0.2, 0.25) is 0 Å². The fraction of sp³-hybridized carbons (Fsp3) is 0.500. The maximum absolute atomic E-state index is 12.5. The van der Waals surface area contributed by atoms with E-state index in [0.717, 1.165) is 45.1 Å². The third-order valence-electron chi connectivity index (χ3n) is 5.07. The van der Waals surface area contributed by atoms with Crippen molar-refractivity contribution in [3.8, 4) is 0 Å². The number of rotatable bonds is 5. The topological polar surface area (TPSA) is 63.6 Å². The number of carbonyl (C=O) groups is 2. The molecule has 24 heavy (non-hydrogen) atoms. The number of unbranched alkanes of at least 4 members (excludes halogenated alkanes) is 1. The molecular formula is C20H24O4. The molecule has 1 saturated carbocycles. The summed E-state index contributed by atoms with van der Waals surface area (Å²) >= 11 is 0. The molecule has 0 spiro atoms. The van der Waals surface area contributed by atoms with Gasteiger partial charge in [0.05, 0.1) is 6.10 Å². The summed E-state index contributed by atoms with van der Waals surface area (Å²) in [4.78, 5) is 24.8. The summed E-state index contributed by atoms with van der Waals surface area (Å²) in [5.41, 5.74) is 1.10. The predicted molar refractivity (Wildman–Crippen MR) is 91.9 cm³/mol. The third-order valence-corrected chi connectivity index (χ3v) is 5.07. The summed E-state index contributed by atoms with van der Waals surface area (Å²) in [5.74, 6) is -1.10. The van der Waals surface area contributed by atoms with Gasteiger partial charge in [0, 0.05) is 23.3 Å². The molecule has 2 aliphatic rings. The van der Waals surface area contributed by atoms with Gasteiger partial charge in [-0.15, -0.1) is 0 Å². The van der Waals surface area contributed by atoms with Gasteiger partial charge >= 0.3 is 0 Å². The molecule has 0 radical (unpaired) electrons. The summed E-state index contributed by atoms with van der Waals surface area (Å²) in [6.45, 7) is 2.92. The largest absolute Gasteiger partial charge is 0.507 e. The summed E-state index contributed by atoms with van der Waals surface area (Å²) < 4.78 is 5.86. The Bertz CT molecular complexity index is 666. The lowest BCUT2D eigenvalue weighted by Crippen LogP contribution is -2.31. The fourth-order valence-electron chi connectivity index (χ4n) is 3.68. The van der Waals surface area contributed by atoms with Crippen LogP contribution in [-0.2, 0) is 9.53 Å². The molecule has 0 amide bonds. The first-order valence-electron chi connectivity index (χ1n) is 8.86. The van der Waals surface area contributed by atoms with E-state index >= 15 is 0 Å². The van der Waals surface area contributed by atoms with Crippen molar-refractivity contribution in [2.45, 2.75) is 51.6 Å². The Labute approximate surface area is 142 Å². The van der Waals surface area contributed by atoms with Crippen molar-refractivity contribution in [3.05, 3.63) is 41.0 Å². The Hall–Kier alpha value is -1.94. The maximum atomic E-state index is 12.5. The quantitative estimate of drug-likeness (QED) is 0.653. The van der Waals surface area contributed by atoms with Gasteiger partial charge in [-0.25, -0.2) is 0 Å². The first-order chi connectivity index (χ1) is 11.6. The van der Waals surface area contributed by atoms with E-state index in [1.807, 2.05) is 0 Å². The van der Waals surface area contributed by atoms with Crippen LogP contribution >= 0.6 is 0 Å². The molecule has 1 aromatic rings. The normalized spacial score (nSPS) is 24.2. The zero-order valence-corrected chi connectivity index (χ0v) is 14.1. The Balaban J connectivity index is 1.75. The van der Waals surface area contributed by atoms with Gasteiger partial charge in [0.25, 0.3) is 0 Å².